The molecule has 0 amide bonds. The van der Waals surface area contributed by atoms with Gasteiger partial charge >= 0.3 is 136 Å². The first-order chi connectivity index (χ1) is 31.3. The first kappa shape index (κ1) is 53.7. The molecule has 0 saturated heterocycles. The summed E-state index contributed by atoms with van der Waals surface area (Å²) >= 11 is 1.15. The van der Waals surface area contributed by atoms with Crippen molar-refractivity contribution in [1.82, 2.24) is 39.0 Å². The molecule has 0 aliphatic heterocycles. The standard InChI is InChI=1S/C17H17F3N6.C13H12BrF3N4.C4H5N2.3C4H9.Sn/c1-10-6-11(14-8-22-9-26(14)3)4-5-13(10)24-16-23-7-12(17(18,19)20)15(21-2)25-16;1-7-5-8(14)3-4-10(7)20-12-19-6-9(13(15,16)17)11(18-2)21-12;1-6-3-2-5-4-6;3*1-3-4-2;/h4-9H,1-3H3,(H2,21,23,24,25);3-6H,1-2H3,(H2,18,19,20,21);2,4H,1H3;3*1,3-4H2,2H3;. The normalized spacial score (nSPS) is 11.6. The molecule has 0 spiro atoms. The molecule has 6 rings (SSSR count). The van der Waals surface area contributed by atoms with E-state index in [9.17, 15) is 26.3 Å². The monoisotopic (exact) mass is 1090 g/mol. The number of alkyl halides is 6. The number of benzene rings is 2. The molecule has 12 nitrogen and oxygen atoms in total. The van der Waals surface area contributed by atoms with Gasteiger partial charge in [0.25, 0.3) is 0 Å². The van der Waals surface area contributed by atoms with E-state index in [2.05, 4.69) is 106 Å². The number of imidazole rings is 2. The number of aromatic nitrogens is 8. The van der Waals surface area contributed by atoms with Crippen molar-refractivity contribution in [3.05, 3.63) is 101 Å². The molecule has 0 atom stereocenters. The average Bonchev–Trinajstić information content (AvgIpc) is 3.92. The molecule has 358 valence electrons. The van der Waals surface area contributed by atoms with Crippen LogP contribution in [0.1, 0.15) is 81.5 Å². The molecule has 0 saturated carbocycles. The van der Waals surface area contributed by atoms with Gasteiger partial charge in [0, 0.05) is 54.9 Å². The van der Waals surface area contributed by atoms with Crippen molar-refractivity contribution >= 4 is 72.9 Å². The number of nitrogens with one attached hydrogen (secondary N) is 4. The molecule has 66 heavy (non-hydrogen) atoms. The van der Waals surface area contributed by atoms with Crippen molar-refractivity contribution in [2.24, 2.45) is 14.1 Å². The molecule has 0 aliphatic rings. The Morgan fingerprint density at radius 2 is 1.08 bits per heavy atom. The summed E-state index contributed by atoms with van der Waals surface area (Å²) in [6.45, 7) is 10.8. The van der Waals surface area contributed by atoms with Crippen LogP contribution in [0.25, 0.3) is 11.3 Å². The SMILES string of the molecule is CCC[CH2][Sn]([CH2]CCC)([CH2]CCC)[c]1cncn1C.CNc1nc(Nc2ccc(-c3cncn3C)cc2C)ncc1C(F)(F)F.CNc1nc(Nc2ccc(Br)cc2C)ncc1C(F)(F)F. The van der Waals surface area contributed by atoms with Crippen molar-refractivity contribution in [1.29, 1.82) is 0 Å². The molecule has 0 fully saturated rings. The molecule has 4 heterocycles. The molecule has 4 aromatic heterocycles. The number of anilines is 6. The average molecular weight is 1090 g/mol. The maximum atomic E-state index is 12.9. The third kappa shape index (κ3) is 14.8. The number of aryl methyl sites for hydroxylation is 4. The first-order valence-electron chi connectivity index (χ1n) is 21.9. The fourth-order valence-electron chi connectivity index (χ4n) is 7.46. The van der Waals surface area contributed by atoms with Gasteiger partial charge in [-0.3, -0.25) is 0 Å². The maximum absolute atomic E-state index is 12.9. The topological polar surface area (TPSA) is 135 Å². The number of nitrogens with zero attached hydrogens (tertiary/aromatic N) is 8. The molecule has 0 radical (unpaired) electrons. The van der Waals surface area contributed by atoms with Crippen molar-refractivity contribution in [3.8, 4) is 11.3 Å². The third-order valence-electron chi connectivity index (χ3n) is 11.1. The summed E-state index contributed by atoms with van der Waals surface area (Å²) in [5.41, 5.74) is 3.38. The zero-order valence-electron chi connectivity index (χ0n) is 39.0. The maximum Gasteiger partial charge on any atom is 0.421 e. The van der Waals surface area contributed by atoms with E-state index in [1.807, 2.05) is 62.1 Å². The van der Waals surface area contributed by atoms with Gasteiger partial charge in [0.05, 0.1) is 18.2 Å². The van der Waals surface area contributed by atoms with Gasteiger partial charge in [-0.1, -0.05) is 22.0 Å². The van der Waals surface area contributed by atoms with Gasteiger partial charge in [0.1, 0.15) is 22.8 Å². The summed E-state index contributed by atoms with van der Waals surface area (Å²) in [6, 6.07) is 11.2. The Morgan fingerprint density at radius 1 is 0.621 bits per heavy atom. The number of hydrogen-bond acceptors (Lipinski definition) is 10. The summed E-state index contributed by atoms with van der Waals surface area (Å²) in [7, 11) is 6.87. The molecule has 20 heteroatoms. The van der Waals surface area contributed by atoms with Crippen molar-refractivity contribution in [3.63, 3.8) is 0 Å². The summed E-state index contributed by atoms with van der Waals surface area (Å²) < 4.78 is 88.5. The minimum atomic E-state index is -4.52. The molecule has 0 aliphatic carbocycles. The number of hydrogen-bond donors (Lipinski definition) is 4. The van der Waals surface area contributed by atoms with Crippen LogP contribution < -0.4 is 25.0 Å². The van der Waals surface area contributed by atoms with E-state index in [1.54, 1.807) is 22.3 Å². The number of halogens is 7. The van der Waals surface area contributed by atoms with Gasteiger partial charge in [-0.15, -0.1) is 0 Å². The van der Waals surface area contributed by atoms with Crippen LogP contribution in [0.3, 0.4) is 0 Å². The Kier molecular flexibility index (Phi) is 20.1. The van der Waals surface area contributed by atoms with Crippen LogP contribution in [0.5, 0.6) is 0 Å². The second kappa shape index (κ2) is 24.7. The van der Waals surface area contributed by atoms with Crippen LogP contribution in [-0.4, -0.2) is 71.5 Å². The Labute approximate surface area is 396 Å². The van der Waals surface area contributed by atoms with E-state index < -0.39 is 41.9 Å². The minimum absolute atomic E-state index is 0.0822. The quantitative estimate of drug-likeness (QED) is 0.0516. The second-order valence-electron chi connectivity index (χ2n) is 16.0. The molecular weight excluding hydrogens is 1030 g/mol. The number of rotatable bonds is 17. The van der Waals surface area contributed by atoms with Gasteiger partial charge in [0.2, 0.25) is 11.9 Å². The van der Waals surface area contributed by atoms with Crippen molar-refractivity contribution in [2.45, 2.75) is 98.8 Å². The minimum Gasteiger partial charge on any atom is -0.372 e. The van der Waals surface area contributed by atoms with E-state index in [4.69, 9.17) is 0 Å². The zero-order chi connectivity index (χ0) is 48.7. The molecule has 6 aromatic rings. The summed E-state index contributed by atoms with van der Waals surface area (Å²) in [6.07, 6.45) is 8.52. The zero-order valence-corrected chi connectivity index (χ0v) is 43.5. The van der Waals surface area contributed by atoms with Gasteiger partial charge in [-0.2, -0.15) is 36.3 Å². The summed E-state index contributed by atoms with van der Waals surface area (Å²) in [5, 5.41) is 10.8. The predicted molar refractivity (Wildman–Crippen MR) is 260 cm³/mol. The predicted octanol–water partition coefficient (Wildman–Crippen LogP) is 12.8. The van der Waals surface area contributed by atoms with E-state index in [0.29, 0.717) is 5.69 Å². The second-order valence-corrected chi connectivity index (χ2v) is 30.0. The fourth-order valence-corrected chi connectivity index (χ4v) is 24.4. The van der Waals surface area contributed by atoms with Crippen molar-refractivity contribution in [2.75, 3.05) is 35.4 Å². The molecule has 0 bridgehead atoms. The number of unbranched alkanes of at least 4 members (excludes halogenated alkanes) is 3. The van der Waals surface area contributed by atoms with Crippen LogP contribution in [0, 0.1) is 13.8 Å². The largest absolute Gasteiger partial charge is 0.421 e. The summed E-state index contributed by atoms with van der Waals surface area (Å²) in [4.78, 5) is 23.8. The first-order valence-corrected chi connectivity index (χ1v) is 30.2. The van der Waals surface area contributed by atoms with Crippen molar-refractivity contribution < 1.29 is 26.3 Å². The van der Waals surface area contributed by atoms with E-state index in [-0.39, 0.29) is 23.5 Å². The Balaban J connectivity index is 0.000000220. The van der Waals surface area contributed by atoms with Crippen LogP contribution >= 0.6 is 15.9 Å². The van der Waals surface area contributed by atoms with Gasteiger partial charge in [0.15, 0.2) is 0 Å². The van der Waals surface area contributed by atoms with E-state index in [1.165, 1.54) is 65.9 Å². The van der Waals surface area contributed by atoms with Crippen LogP contribution in [-0.2, 0) is 26.4 Å². The molecule has 4 N–H and O–H groups in total. The van der Waals surface area contributed by atoms with Crippen LogP contribution in [0.4, 0.5) is 61.2 Å². The summed E-state index contributed by atoms with van der Waals surface area (Å²) in [5.74, 6) is -0.370. The molecular formula is C46H61BrF6N12Sn. The molecule has 0 unspecified atom stereocenters. The van der Waals surface area contributed by atoms with Gasteiger partial charge in [-0.05, 0) is 55.3 Å². The van der Waals surface area contributed by atoms with Crippen LogP contribution in [0.2, 0.25) is 13.3 Å². The Morgan fingerprint density at radius 3 is 1.45 bits per heavy atom. The third-order valence-corrected chi connectivity index (χ3v) is 27.3. The smallest absolute Gasteiger partial charge is 0.372 e. The van der Waals surface area contributed by atoms with Gasteiger partial charge < -0.3 is 25.8 Å². The molecule has 2 aromatic carbocycles. The van der Waals surface area contributed by atoms with E-state index in [0.717, 1.165) is 44.9 Å². The van der Waals surface area contributed by atoms with E-state index >= 15 is 0 Å². The fraction of sp³-hybridized carbons (Fsp3) is 0.435. The van der Waals surface area contributed by atoms with Gasteiger partial charge in [-0.25, -0.2) is 15.0 Å². The van der Waals surface area contributed by atoms with Crippen LogP contribution in [0.15, 0.2) is 78.3 Å². The Hall–Kier alpha value is -4.92. The Bertz CT molecular complexity index is 2430.